The zero-order valence-corrected chi connectivity index (χ0v) is 13.1. The second-order valence-electron chi connectivity index (χ2n) is 5.36. The zero-order chi connectivity index (χ0) is 14.5. The van der Waals surface area contributed by atoms with Gasteiger partial charge < -0.3 is 10.6 Å². The molecule has 7 heteroatoms. The molecule has 2 fully saturated rings. The van der Waals surface area contributed by atoms with Crippen LogP contribution >= 0.6 is 7.59 Å². The van der Waals surface area contributed by atoms with Gasteiger partial charge >= 0.3 is 7.59 Å². The molecule has 1 aromatic carbocycles. The average Bonchev–Trinajstić information content (AvgIpc) is 2.57. The van der Waals surface area contributed by atoms with Gasteiger partial charge in [-0.05, 0) is 12.1 Å². The van der Waals surface area contributed by atoms with Crippen molar-refractivity contribution in [3.8, 4) is 0 Å². The molecule has 115 valence electrons. The molecule has 0 unspecified atom stereocenters. The first-order valence-electron chi connectivity index (χ1n) is 7.60. The van der Waals surface area contributed by atoms with E-state index in [4.69, 9.17) is 0 Å². The Morgan fingerprint density at radius 2 is 1.33 bits per heavy atom. The van der Waals surface area contributed by atoms with Gasteiger partial charge in [-0.1, -0.05) is 18.2 Å². The largest absolute Gasteiger partial charge is 0.330 e. The third-order valence-corrected chi connectivity index (χ3v) is 6.69. The Morgan fingerprint density at radius 3 is 1.81 bits per heavy atom. The SMILES string of the molecule is O=P([N]c1ccccc1)(N1CCNCC1)N1CCNCC1. The van der Waals surface area contributed by atoms with Crippen molar-refractivity contribution in [3.05, 3.63) is 30.3 Å². The Bertz CT molecular complexity index is 463. The highest BCUT2D eigenvalue weighted by atomic mass is 31.2. The predicted molar refractivity (Wildman–Crippen MR) is 84.7 cm³/mol. The van der Waals surface area contributed by atoms with E-state index in [2.05, 4.69) is 25.1 Å². The lowest BCUT2D eigenvalue weighted by atomic mass is 10.3. The second-order valence-corrected chi connectivity index (χ2v) is 7.71. The fraction of sp³-hybridized carbons (Fsp3) is 0.571. The molecule has 1 aromatic rings. The lowest BCUT2D eigenvalue weighted by Gasteiger charge is -2.41. The number of piperazine rings is 2. The van der Waals surface area contributed by atoms with Crippen molar-refractivity contribution >= 4 is 13.3 Å². The van der Waals surface area contributed by atoms with Gasteiger partial charge in [-0.3, -0.25) is 4.57 Å². The quantitative estimate of drug-likeness (QED) is 0.807. The van der Waals surface area contributed by atoms with Crippen LogP contribution < -0.4 is 15.7 Å². The summed E-state index contributed by atoms with van der Waals surface area (Å²) in [6.45, 7) is 6.66. The number of nitrogens with one attached hydrogen (secondary N) is 2. The van der Waals surface area contributed by atoms with E-state index in [-0.39, 0.29) is 0 Å². The molecule has 21 heavy (non-hydrogen) atoms. The minimum Gasteiger partial charge on any atom is -0.314 e. The van der Waals surface area contributed by atoms with E-state index in [1.807, 2.05) is 30.3 Å². The van der Waals surface area contributed by atoms with Gasteiger partial charge in [0.25, 0.3) is 0 Å². The Morgan fingerprint density at radius 1 is 0.857 bits per heavy atom. The van der Waals surface area contributed by atoms with E-state index in [0.29, 0.717) is 0 Å². The summed E-state index contributed by atoms with van der Waals surface area (Å²) in [6.07, 6.45) is 0. The molecule has 0 amide bonds. The van der Waals surface area contributed by atoms with Gasteiger partial charge in [0, 0.05) is 52.4 Å². The molecular formula is C14H23N5OP. The molecule has 2 saturated heterocycles. The molecule has 1 radical (unpaired) electrons. The van der Waals surface area contributed by atoms with Crippen LogP contribution in [0.4, 0.5) is 5.69 Å². The smallest absolute Gasteiger partial charge is 0.314 e. The van der Waals surface area contributed by atoms with E-state index in [1.165, 1.54) is 0 Å². The van der Waals surface area contributed by atoms with E-state index in [0.717, 1.165) is 58.0 Å². The molecule has 2 aliphatic rings. The standard InChI is InChI=1S/C14H23N5OP/c20-21(18-10-6-15-7-11-18,19-12-8-16-9-13-19)17-14-4-2-1-3-5-14/h1-5,15-16H,6-13H2. The van der Waals surface area contributed by atoms with E-state index in [9.17, 15) is 4.57 Å². The summed E-state index contributed by atoms with van der Waals surface area (Å²) >= 11 is 0. The van der Waals surface area contributed by atoms with Crippen molar-refractivity contribution in [2.45, 2.75) is 0 Å². The van der Waals surface area contributed by atoms with Crippen molar-refractivity contribution < 1.29 is 4.57 Å². The number of benzene rings is 1. The van der Waals surface area contributed by atoms with Crippen LogP contribution in [0.5, 0.6) is 0 Å². The number of nitrogens with zero attached hydrogens (tertiary/aromatic N) is 3. The van der Waals surface area contributed by atoms with E-state index >= 15 is 0 Å². The normalized spacial score (nSPS) is 22.1. The highest BCUT2D eigenvalue weighted by Crippen LogP contribution is 2.53. The third-order valence-electron chi connectivity index (χ3n) is 3.93. The van der Waals surface area contributed by atoms with Crippen LogP contribution in [0.1, 0.15) is 0 Å². The molecule has 2 heterocycles. The summed E-state index contributed by atoms with van der Waals surface area (Å²) in [6, 6.07) is 9.70. The van der Waals surface area contributed by atoms with Crippen molar-refractivity contribution in [1.29, 1.82) is 0 Å². The van der Waals surface area contributed by atoms with Gasteiger partial charge in [0.05, 0.1) is 5.69 Å². The van der Waals surface area contributed by atoms with Crippen LogP contribution in [0.15, 0.2) is 30.3 Å². The maximum absolute atomic E-state index is 13.7. The molecule has 2 N–H and O–H groups in total. The first-order valence-corrected chi connectivity index (χ1v) is 9.16. The number of hydrogen-bond donors (Lipinski definition) is 2. The first-order chi connectivity index (χ1) is 10.3. The molecule has 0 saturated carbocycles. The molecule has 2 aliphatic heterocycles. The molecular weight excluding hydrogens is 285 g/mol. The lowest BCUT2D eigenvalue weighted by Crippen LogP contribution is -2.50. The Hall–Kier alpha value is -0.910. The van der Waals surface area contributed by atoms with Crippen LogP contribution in [0.25, 0.3) is 0 Å². The average molecular weight is 308 g/mol. The van der Waals surface area contributed by atoms with Crippen LogP contribution in [-0.2, 0) is 4.57 Å². The summed E-state index contributed by atoms with van der Waals surface area (Å²) in [7, 11) is -2.88. The van der Waals surface area contributed by atoms with E-state index < -0.39 is 7.59 Å². The highest BCUT2D eigenvalue weighted by Gasteiger charge is 2.40. The number of rotatable bonds is 4. The fourth-order valence-electron chi connectivity index (χ4n) is 2.78. The summed E-state index contributed by atoms with van der Waals surface area (Å²) in [5.41, 5.74) is 0.804. The minimum atomic E-state index is -2.88. The maximum Gasteiger partial charge on any atom is 0.330 e. The molecule has 0 aliphatic carbocycles. The van der Waals surface area contributed by atoms with Crippen LogP contribution in [-0.4, -0.2) is 61.7 Å². The molecule has 0 bridgehead atoms. The Labute approximate surface area is 126 Å². The van der Waals surface area contributed by atoms with Gasteiger partial charge in [-0.2, -0.15) is 5.09 Å². The van der Waals surface area contributed by atoms with Crippen molar-refractivity contribution in [1.82, 2.24) is 25.1 Å². The van der Waals surface area contributed by atoms with Gasteiger partial charge in [0.2, 0.25) is 0 Å². The van der Waals surface area contributed by atoms with Crippen molar-refractivity contribution in [2.75, 3.05) is 52.4 Å². The molecule has 0 atom stereocenters. The monoisotopic (exact) mass is 308 g/mol. The van der Waals surface area contributed by atoms with Gasteiger partial charge in [0.1, 0.15) is 0 Å². The van der Waals surface area contributed by atoms with Gasteiger partial charge in [-0.25, -0.2) is 9.34 Å². The summed E-state index contributed by atoms with van der Waals surface area (Å²) in [4.78, 5) is 0. The molecule has 0 aromatic heterocycles. The zero-order valence-electron chi connectivity index (χ0n) is 12.2. The number of hydrogen-bond acceptors (Lipinski definition) is 3. The Kier molecular flexibility index (Phi) is 4.93. The predicted octanol–water partition coefficient (Wildman–Crippen LogP) is 0.841. The Balaban J connectivity index is 1.83. The minimum absolute atomic E-state index is 0.789. The summed E-state index contributed by atoms with van der Waals surface area (Å²) in [5.74, 6) is 0. The van der Waals surface area contributed by atoms with Crippen molar-refractivity contribution in [2.24, 2.45) is 0 Å². The summed E-state index contributed by atoms with van der Waals surface area (Å²) < 4.78 is 17.9. The van der Waals surface area contributed by atoms with Gasteiger partial charge in [0.15, 0.2) is 0 Å². The van der Waals surface area contributed by atoms with Crippen molar-refractivity contribution in [3.63, 3.8) is 0 Å². The van der Waals surface area contributed by atoms with E-state index in [1.54, 1.807) is 0 Å². The maximum atomic E-state index is 13.7. The highest BCUT2D eigenvalue weighted by molar-refractivity contribution is 7.57. The molecule has 0 spiro atoms. The summed E-state index contributed by atoms with van der Waals surface area (Å²) in [5, 5.41) is 11.3. The van der Waals surface area contributed by atoms with Crippen LogP contribution in [0.2, 0.25) is 0 Å². The third kappa shape index (κ3) is 3.47. The van der Waals surface area contributed by atoms with Gasteiger partial charge in [-0.15, -0.1) is 0 Å². The lowest BCUT2D eigenvalue weighted by molar-refractivity contribution is 0.284. The second kappa shape index (κ2) is 6.90. The topological polar surface area (TPSA) is 61.7 Å². The first kappa shape index (κ1) is 15.0. The van der Waals surface area contributed by atoms with Crippen LogP contribution in [0, 0.1) is 0 Å². The van der Waals surface area contributed by atoms with Crippen LogP contribution in [0.3, 0.4) is 0 Å². The molecule has 6 nitrogen and oxygen atoms in total. The molecule has 3 rings (SSSR count). The fourth-order valence-corrected chi connectivity index (χ4v) is 5.26.